The van der Waals surface area contributed by atoms with Crippen LogP contribution in [0.1, 0.15) is 35.3 Å². The lowest BCUT2D eigenvalue weighted by atomic mass is 10.0. The van der Waals surface area contributed by atoms with Gasteiger partial charge in [-0.2, -0.15) is 0 Å². The first kappa shape index (κ1) is 24.1. The van der Waals surface area contributed by atoms with Crippen molar-refractivity contribution >= 4 is 29.2 Å². The van der Waals surface area contributed by atoms with Crippen LogP contribution in [0.15, 0.2) is 84.9 Å². The van der Waals surface area contributed by atoms with Gasteiger partial charge in [0.05, 0.1) is 17.4 Å². The summed E-state index contributed by atoms with van der Waals surface area (Å²) in [4.78, 5) is 48.2. The highest BCUT2D eigenvalue weighted by molar-refractivity contribution is 5.97. The molecule has 2 N–H and O–H groups in total. The topological polar surface area (TPSA) is 128 Å². The number of amides is 2. The number of benzene rings is 3. The molecule has 0 saturated carbocycles. The van der Waals surface area contributed by atoms with Crippen molar-refractivity contribution in [2.24, 2.45) is 0 Å². The molecule has 2 unspecified atom stereocenters. The summed E-state index contributed by atoms with van der Waals surface area (Å²) in [5.74, 6) is -1.79. The third kappa shape index (κ3) is 6.49. The minimum atomic E-state index is -1.21. The van der Waals surface area contributed by atoms with E-state index in [0.29, 0.717) is 11.1 Å². The van der Waals surface area contributed by atoms with Crippen molar-refractivity contribution in [3.8, 4) is 0 Å². The molecule has 0 radical (unpaired) electrons. The zero-order chi connectivity index (χ0) is 24.5. The van der Waals surface area contributed by atoms with Gasteiger partial charge >= 0.3 is 5.97 Å². The van der Waals surface area contributed by atoms with Gasteiger partial charge in [-0.15, -0.1) is 0 Å². The predicted octanol–water partition coefficient (Wildman–Crippen LogP) is 4.03. The van der Waals surface area contributed by atoms with Gasteiger partial charge in [-0.1, -0.05) is 60.7 Å². The Kier molecular flexibility index (Phi) is 8.07. The highest BCUT2D eigenvalue weighted by atomic mass is 16.6. The Hall–Kier alpha value is -4.53. The molecule has 0 aliphatic rings. The highest BCUT2D eigenvalue weighted by Gasteiger charge is 2.25. The van der Waals surface area contributed by atoms with Crippen molar-refractivity contribution in [3.63, 3.8) is 0 Å². The molecule has 2 atom stereocenters. The van der Waals surface area contributed by atoms with Gasteiger partial charge in [-0.25, -0.2) is 0 Å². The first-order chi connectivity index (χ1) is 16.3. The van der Waals surface area contributed by atoms with Crippen LogP contribution in [0.5, 0.6) is 0 Å². The first-order valence-corrected chi connectivity index (χ1v) is 10.5. The molecule has 0 heterocycles. The molecule has 0 spiro atoms. The normalized spacial score (nSPS) is 12.1. The Morgan fingerprint density at radius 3 is 2.15 bits per heavy atom. The van der Waals surface area contributed by atoms with Crippen LogP contribution in [0, 0.1) is 10.1 Å². The Morgan fingerprint density at radius 1 is 0.912 bits per heavy atom. The molecule has 0 aromatic heterocycles. The second-order valence-corrected chi connectivity index (χ2v) is 7.40. The van der Waals surface area contributed by atoms with Crippen LogP contribution >= 0.6 is 0 Å². The number of ether oxygens (including phenoxy) is 1. The number of carbonyl (C=O) groups is 3. The summed E-state index contributed by atoms with van der Waals surface area (Å²) in [5, 5.41) is 16.4. The number of hydrogen-bond acceptors (Lipinski definition) is 6. The lowest BCUT2D eigenvalue weighted by Gasteiger charge is -2.20. The van der Waals surface area contributed by atoms with Crippen molar-refractivity contribution in [2.45, 2.75) is 25.5 Å². The number of para-hydroxylation sites is 2. The summed E-state index contributed by atoms with van der Waals surface area (Å²) in [6.07, 6.45) is -1.43. The molecule has 2 amide bonds. The van der Waals surface area contributed by atoms with E-state index in [-0.39, 0.29) is 23.7 Å². The van der Waals surface area contributed by atoms with E-state index in [9.17, 15) is 24.5 Å². The number of hydrogen-bond donors (Lipinski definition) is 2. The Balaban J connectivity index is 1.66. The number of anilines is 1. The van der Waals surface area contributed by atoms with Gasteiger partial charge in [-0.05, 0) is 30.7 Å². The molecular formula is C25H23N3O6. The molecule has 0 aliphatic heterocycles. The number of nitro benzene ring substituents is 1. The molecule has 3 aromatic rings. The third-order valence-corrected chi connectivity index (χ3v) is 4.95. The SMILES string of the molecule is CC(OC(=O)CC(NC(=O)c1ccccc1)c1ccccc1)C(=O)Nc1ccccc1[N+](=O)[O-]. The summed E-state index contributed by atoms with van der Waals surface area (Å²) in [5.41, 5.74) is 0.856. The lowest BCUT2D eigenvalue weighted by molar-refractivity contribution is -0.383. The van der Waals surface area contributed by atoms with Gasteiger partial charge in [0.15, 0.2) is 6.10 Å². The van der Waals surface area contributed by atoms with Crippen LogP contribution in [0.2, 0.25) is 0 Å². The minimum Gasteiger partial charge on any atom is -0.452 e. The number of carbonyl (C=O) groups excluding carboxylic acids is 3. The molecule has 3 rings (SSSR count). The maximum atomic E-state index is 12.6. The quantitative estimate of drug-likeness (QED) is 0.281. The Bertz CT molecular complexity index is 1170. The van der Waals surface area contributed by atoms with Crippen molar-refractivity contribution in [1.82, 2.24) is 5.32 Å². The van der Waals surface area contributed by atoms with E-state index in [1.165, 1.54) is 25.1 Å². The maximum Gasteiger partial charge on any atom is 0.309 e. The predicted molar refractivity (Wildman–Crippen MR) is 125 cm³/mol. The summed E-state index contributed by atoms with van der Waals surface area (Å²) in [7, 11) is 0. The fraction of sp³-hybridized carbons (Fsp3) is 0.160. The average molecular weight is 461 g/mol. The zero-order valence-corrected chi connectivity index (χ0v) is 18.3. The molecule has 0 saturated heterocycles. The van der Waals surface area contributed by atoms with E-state index in [4.69, 9.17) is 4.74 Å². The molecule has 174 valence electrons. The highest BCUT2D eigenvalue weighted by Crippen LogP contribution is 2.24. The van der Waals surface area contributed by atoms with E-state index >= 15 is 0 Å². The fourth-order valence-electron chi connectivity index (χ4n) is 3.21. The summed E-state index contributed by atoms with van der Waals surface area (Å²) < 4.78 is 5.25. The van der Waals surface area contributed by atoms with Gasteiger partial charge in [0.1, 0.15) is 5.69 Å². The van der Waals surface area contributed by atoms with Crippen LogP contribution in [0.4, 0.5) is 11.4 Å². The molecular weight excluding hydrogens is 438 g/mol. The second kappa shape index (κ2) is 11.4. The molecule has 0 aliphatic carbocycles. The molecule has 0 fully saturated rings. The number of nitrogens with zero attached hydrogens (tertiary/aromatic N) is 1. The smallest absolute Gasteiger partial charge is 0.309 e. The zero-order valence-electron chi connectivity index (χ0n) is 18.3. The minimum absolute atomic E-state index is 0.00214. The van der Waals surface area contributed by atoms with Crippen LogP contribution in [0.25, 0.3) is 0 Å². The van der Waals surface area contributed by atoms with Crippen LogP contribution in [0.3, 0.4) is 0 Å². The van der Waals surface area contributed by atoms with E-state index in [2.05, 4.69) is 10.6 Å². The van der Waals surface area contributed by atoms with Gasteiger partial charge in [-0.3, -0.25) is 24.5 Å². The average Bonchev–Trinajstić information content (AvgIpc) is 2.84. The van der Waals surface area contributed by atoms with Crippen LogP contribution in [-0.2, 0) is 14.3 Å². The number of nitrogens with one attached hydrogen (secondary N) is 2. The van der Waals surface area contributed by atoms with Gasteiger partial charge in [0.2, 0.25) is 0 Å². The van der Waals surface area contributed by atoms with E-state index in [1.54, 1.807) is 60.7 Å². The van der Waals surface area contributed by atoms with Crippen molar-refractivity contribution < 1.29 is 24.0 Å². The van der Waals surface area contributed by atoms with E-state index in [1.807, 2.05) is 6.07 Å². The largest absolute Gasteiger partial charge is 0.452 e. The van der Waals surface area contributed by atoms with Gasteiger partial charge < -0.3 is 15.4 Å². The lowest BCUT2D eigenvalue weighted by Crippen LogP contribution is -2.34. The molecule has 9 nitrogen and oxygen atoms in total. The van der Waals surface area contributed by atoms with E-state index in [0.717, 1.165) is 0 Å². The molecule has 0 bridgehead atoms. The van der Waals surface area contributed by atoms with Crippen LogP contribution in [-0.4, -0.2) is 28.8 Å². The molecule has 9 heteroatoms. The number of esters is 1. The van der Waals surface area contributed by atoms with Gasteiger partial charge in [0.25, 0.3) is 17.5 Å². The van der Waals surface area contributed by atoms with E-state index < -0.39 is 28.9 Å². The monoisotopic (exact) mass is 461 g/mol. The van der Waals surface area contributed by atoms with Crippen molar-refractivity contribution in [3.05, 3.63) is 106 Å². The summed E-state index contributed by atoms with van der Waals surface area (Å²) in [6.45, 7) is 1.36. The third-order valence-electron chi connectivity index (χ3n) is 4.95. The summed E-state index contributed by atoms with van der Waals surface area (Å²) >= 11 is 0. The Labute approximate surface area is 195 Å². The van der Waals surface area contributed by atoms with Crippen molar-refractivity contribution in [2.75, 3.05) is 5.32 Å². The second-order valence-electron chi connectivity index (χ2n) is 7.40. The van der Waals surface area contributed by atoms with Gasteiger partial charge in [0, 0.05) is 11.6 Å². The fourth-order valence-corrected chi connectivity index (χ4v) is 3.21. The molecule has 3 aromatic carbocycles. The maximum absolute atomic E-state index is 12.6. The number of nitro groups is 1. The Morgan fingerprint density at radius 2 is 1.50 bits per heavy atom. The van der Waals surface area contributed by atoms with Crippen molar-refractivity contribution in [1.29, 1.82) is 0 Å². The standard InChI is InChI=1S/C25H23N3O6/c1-17(24(30)26-20-14-8-9-15-22(20)28(32)33)34-23(29)16-21(18-10-4-2-5-11-18)27-25(31)19-12-6-3-7-13-19/h2-15,17,21H,16H2,1H3,(H,26,30)(H,27,31). The number of rotatable bonds is 9. The summed E-state index contributed by atoms with van der Waals surface area (Å²) in [6, 6.07) is 22.5. The van der Waals surface area contributed by atoms with Crippen LogP contribution < -0.4 is 10.6 Å². The first-order valence-electron chi connectivity index (χ1n) is 10.5. The molecule has 34 heavy (non-hydrogen) atoms.